The quantitative estimate of drug-likeness (QED) is 0.738. The number of hydrogen-bond donors (Lipinski definition) is 2. The molecule has 1 amide bonds. The highest BCUT2D eigenvalue weighted by Crippen LogP contribution is 2.19. The van der Waals surface area contributed by atoms with E-state index in [4.69, 9.17) is 15.9 Å². The molecule has 72 valence electrons. The number of nitrogens with two attached hydrogens (primary N) is 2. The number of benzene rings is 1. The van der Waals surface area contributed by atoms with Crippen molar-refractivity contribution in [2.45, 2.75) is 6.04 Å². The highest BCUT2D eigenvalue weighted by Gasteiger charge is 2.12. The number of carbonyl (C=O) groups excluding carboxylic acids is 1. The summed E-state index contributed by atoms with van der Waals surface area (Å²) in [5, 5.41) is 0.916. The van der Waals surface area contributed by atoms with Gasteiger partial charge in [-0.2, -0.15) is 0 Å². The lowest BCUT2D eigenvalue weighted by Gasteiger charge is -2.06. The van der Waals surface area contributed by atoms with Gasteiger partial charge in [0.2, 0.25) is 5.91 Å². The molecular formula is C10H10N2O2. The lowest BCUT2D eigenvalue weighted by molar-refractivity contribution is -0.119. The Morgan fingerprint density at radius 2 is 2.14 bits per heavy atom. The molecule has 0 radical (unpaired) electrons. The molecule has 2 rings (SSSR count). The van der Waals surface area contributed by atoms with E-state index in [9.17, 15) is 4.79 Å². The molecule has 1 aromatic heterocycles. The van der Waals surface area contributed by atoms with E-state index < -0.39 is 11.9 Å². The van der Waals surface area contributed by atoms with Crippen LogP contribution in [0.4, 0.5) is 0 Å². The summed E-state index contributed by atoms with van der Waals surface area (Å²) >= 11 is 0. The predicted molar refractivity (Wildman–Crippen MR) is 52.3 cm³/mol. The summed E-state index contributed by atoms with van der Waals surface area (Å²) in [4.78, 5) is 10.8. The number of rotatable bonds is 2. The molecule has 0 saturated carbocycles. The van der Waals surface area contributed by atoms with Crippen molar-refractivity contribution in [3.05, 3.63) is 36.1 Å². The van der Waals surface area contributed by atoms with Gasteiger partial charge in [0, 0.05) is 5.39 Å². The standard InChI is InChI=1S/C10H10N2O2/c11-9(10(12)13)7-1-2-8-6(5-7)3-4-14-8/h1-5,9H,11H2,(H2,12,13). The van der Waals surface area contributed by atoms with Gasteiger partial charge in [0.15, 0.2) is 0 Å². The highest BCUT2D eigenvalue weighted by atomic mass is 16.3. The van der Waals surface area contributed by atoms with E-state index in [2.05, 4.69) is 0 Å². The van der Waals surface area contributed by atoms with Gasteiger partial charge in [-0.05, 0) is 23.8 Å². The van der Waals surface area contributed by atoms with Gasteiger partial charge in [0.1, 0.15) is 11.6 Å². The number of fused-ring (bicyclic) bond motifs is 1. The fraction of sp³-hybridized carbons (Fsp3) is 0.100. The molecule has 2 aromatic rings. The van der Waals surface area contributed by atoms with Crippen LogP contribution in [0.15, 0.2) is 34.9 Å². The second kappa shape index (κ2) is 3.16. The molecule has 14 heavy (non-hydrogen) atoms. The molecule has 4 nitrogen and oxygen atoms in total. The van der Waals surface area contributed by atoms with Gasteiger partial charge in [0.05, 0.1) is 6.26 Å². The van der Waals surface area contributed by atoms with Crippen LogP contribution in [0.3, 0.4) is 0 Å². The molecule has 0 aliphatic carbocycles. The first kappa shape index (κ1) is 8.77. The maximum atomic E-state index is 10.8. The summed E-state index contributed by atoms with van der Waals surface area (Å²) in [5.74, 6) is -0.534. The van der Waals surface area contributed by atoms with Crippen molar-refractivity contribution in [3.63, 3.8) is 0 Å². The van der Waals surface area contributed by atoms with Crippen LogP contribution < -0.4 is 11.5 Å². The summed E-state index contributed by atoms with van der Waals surface area (Å²) in [6.45, 7) is 0. The summed E-state index contributed by atoms with van der Waals surface area (Å²) in [5.41, 5.74) is 12.2. The van der Waals surface area contributed by atoms with Gasteiger partial charge in [-0.3, -0.25) is 4.79 Å². The predicted octanol–water partition coefficient (Wildman–Crippen LogP) is 0.918. The Labute approximate surface area is 80.5 Å². The smallest absolute Gasteiger partial charge is 0.238 e. The lowest BCUT2D eigenvalue weighted by Crippen LogP contribution is -2.28. The Hall–Kier alpha value is -1.81. The van der Waals surface area contributed by atoms with Gasteiger partial charge >= 0.3 is 0 Å². The van der Waals surface area contributed by atoms with Crippen LogP contribution in [0.1, 0.15) is 11.6 Å². The number of carbonyl (C=O) groups is 1. The molecule has 0 saturated heterocycles. The zero-order valence-corrected chi connectivity index (χ0v) is 7.44. The minimum absolute atomic E-state index is 0.534. The first-order chi connectivity index (χ1) is 6.68. The van der Waals surface area contributed by atoms with Gasteiger partial charge in [0.25, 0.3) is 0 Å². The van der Waals surface area contributed by atoms with Crippen molar-refractivity contribution in [1.82, 2.24) is 0 Å². The maximum absolute atomic E-state index is 10.8. The molecule has 1 heterocycles. The SMILES string of the molecule is NC(=O)C(N)c1ccc2occc2c1. The minimum atomic E-state index is -0.755. The van der Waals surface area contributed by atoms with Crippen LogP contribution in [-0.2, 0) is 4.79 Å². The zero-order valence-electron chi connectivity index (χ0n) is 7.44. The lowest BCUT2D eigenvalue weighted by atomic mass is 10.1. The Balaban J connectivity index is 2.48. The van der Waals surface area contributed by atoms with E-state index in [1.54, 1.807) is 24.5 Å². The fourth-order valence-corrected chi connectivity index (χ4v) is 1.34. The number of amides is 1. The molecule has 1 unspecified atom stereocenters. The number of primary amides is 1. The van der Waals surface area contributed by atoms with Gasteiger partial charge in [-0.1, -0.05) is 6.07 Å². The first-order valence-electron chi connectivity index (χ1n) is 4.20. The molecule has 0 fully saturated rings. The maximum Gasteiger partial charge on any atom is 0.238 e. The average molecular weight is 190 g/mol. The number of hydrogen-bond acceptors (Lipinski definition) is 3. The third-order valence-electron chi connectivity index (χ3n) is 2.14. The molecule has 1 aromatic carbocycles. The van der Waals surface area contributed by atoms with Crippen LogP contribution in [0.2, 0.25) is 0 Å². The molecule has 4 N–H and O–H groups in total. The second-order valence-corrected chi connectivity index (χ2v) is 3.10. The van der Waals surface area contributed by atoms with Crippen molar-refractivity contribution in [2.75, 3.05) is 0 Å². The number of furan rings is 1. The van der Waals surface area contributed by atoms with Crippen LogP contribution >= 0.6 is 0 Å². The van der Waals surface area contributed by atoms with Crippen LogP contribution in [0.25, 0.3) is 11.0 Å². The molecule has 4 heteroatoms. The molecule has 0 bridgehead atoms. The zero-order chi connectivity index (χ0) is 10.1. The van der Waals surface area contributed by atoms with Gasteiger partial charge in [-0.25, -0.2) is 0 Å². The Kier molecular flexibility index (Phi) is 1.98. The Bertz CT molecular complexity index is 476. The third kappa shape index (κ3) is 1.36. The monoisotopic (exact) mass is 190 g/mol. The van der Waals surface area contributed by atoms with Crippen molar-refractivity contribution < 1.29 is 9.21 Å². The fourth-order valence-electron chi connectivity index (χ4n) is 1.34. The van der Waals surface area contributed by atoms with Crippen LogP contribution in [0, 0.1) is 0 Å². The van der Waals surface area contributed by atoms with E-state index in [1.165, 1.54) is 0 Å². The van der Waals surface area contributed by atoms with Crippen molar-refractivity contribution >= 4 is 16.9 Å². The van der Waals surface area contributed by atoms with Crippen LogP contribution in [-0.4, -0.2) is 5.91 Å². The molecule has 1 atom stereocenters. The normalized spacial score (nSPS) is 12.9. The highest BCUT2D eigenvalue weighted by molar-refractivity contribution is 5.84. The average Bonchev–Trinajstić information content (AvgIpc) is 2.62. The van der Waals surface area contributed by atoms with Gasteiger partial charge in [-0.15, -0.1) is 0 Å². The van der Waals surface area contributed by atoms with Crippen molar-refractivity contribution in [1.29, 1.82) is 0 Å². The minimum Gasteiger partial charge on any atom is -0.464 e. The summed E-state index contributed by atoms with van der Waals surface area (Å²) < 4.78 is 5.16. The van der Waals surface area contributed by atoms with Crippen molar-refractivity contribution in [3.8, 4) is 0 Å². The Morgan fingerprint density at radius 3 is 2.86 bits per heavy atom. The van der Waals surface area contributed by atoms with E-state index in [0.717, 1.165) is 11.0 Å². The summed E-state index contributed by atoms with van der Waals surface area (Å²) in [6, 6.07) is 6.37. The molecule has 0 spiro atoms. The summed E-state index contributed by atoms with van der Waals surface area (Å²) in [7, 11) is 0. The van der Waals surface area contributed by atoms with Crippen molar-refractivity contribution in [2.24, 2.45) is 11.5 Å². The largest absolute Gasteiger partial charge is 0.464 e. The van der Waals surface area contributed by atoms with E-state index in [1.807, 2.05) is 6.07 Å². The Morgan fingerprint density at radius 1 is 1.36 bits per heavy atom. The van der Waals surface area contributed by atoms with E-state index >= 15 is 0 Å². The first-order valence-corrected chi connectivity index (χ1v) is 4.20. The van der Waals surface area contributed by atoms with E-state index in [0.29, 0.717) is 5.56 Å². The van der Waals surface area contributed by atoms with Crippen LogP contribution in [0.5, 0.6) is 0 Å². The molecular weight excluding hydrogens is 180 g/mol. The topological polar surface area (TPSA) is 82.2 Å². The molecule has 0 aliphatic rings. The van der Waals surface area contributed by atoms with Gasteiger partial charge < -0.3 is 15.9 Å². The molecule has 0 aliphatic heterocycles. The van der Waals surface area contributed by atoms with E-state index in [-0.39, 0.29) is 0 Å². The summed E-state index contributed by atoms with van der Waals surface area (Å²) in [6.07, 6.45) is 1.59. The second-order valence-electron chi connectivity index (χ2n) is 3.10. The third-order valence-corrected chi connectivity index (χ3v) is 2.14.